The quantitative estimate of drug-likeness (QED) is 0.642. The minimum atomic E-state index is -4.35. The summed E-state index contributed by atoms with van der Waals surface area (Å²) in [6.07, 6.45) is -4.35. The van der Waals surface area contributed by atoms with E-state index >= 15 is 0 Å². The number of ether oxygens (including phenoxy) is 1. The minimum Gasteiger partial charge on any atom is -0.484 e. The van der Waals surface area contributed by atoms with Gasteiger partial charge < -0.3 is 10.5 Å². The number of hydrogen-bond donors (Lipinski definition) is 2. The van der Waals surface area contributed by atoms with Gasteiger partial charge in [-0.15, -0.1) is 12.4 Å². The van der Waals surface area contributed by atoms with Gasteiger partial charge in [-0.05, 0) is 24.3 Å². The lowest BCUT2D eigenvalue weighted by atomic mass is 10.2. The lowest BCUT2D eigenvalue weighted by Crippen LogP contribution is -2.19. The van der Waals surface area contributed by atoms with Crippen LogP contribution >= 0.6 is 12.4 Å². The maximum Gasteiger partial charge on any atom is 0.422 e. The van der Waals surface area contributed by atoms with E-state index in [1.807, 2.05) is 0 Å². The largest absolute Gasteiger partial charge is 0.484 e. The van der Waals surface area contributed by atoms with E-state index in [1.54, 1.807) is 0 Å². The third kappa shape index (κ3) is 4.88. The van der Waals surface area contributed by atoms with Gasteiger partial charge in [0.15, 0.2) is 6.61 Å². The number of rotatable bonds is 3. The molecule has 3 nitrogen and oxygen atoms in total. The Bertz CT molecular complexity index is 351. The Morgan fingerprint density at radius 1 is 1.25 bits per heavy atom. The summed E-state index contributed by atoms with van der Waals surface area (Å²) in [5.41, 5.74) is 5.61. The molecule has 0 saturated heterocycles. The predicted molar refractivity (Wildman–Crippen MR) is 56.3 cm³/mol. The number of nitrogen functional groups attached to an aromatic ring is 1. The first-order valence-corrected chi connectivity index (χ1v) is 4.02. The zero-order chi connectivity index (χ0) is 11.5. The number of nitrogens with one attached hydrogen (secondary N) is 1. The van der Waals surface area contributed by atoms with Crippen LogP contribution in [0.5, 0.6) is 5.75 Å². The number of nitrogens with two attached hydrogens (primary N) is 1. The van der Waals surface area contributed by atoms with E-state index in [1.165, 1.54) is 24.3 Å². The monoisotopic (exact) mass is 254 g/mol. The maximum absolute atomic E-state index is 11.8. The van der Waals surface area contributed by atoms with Crippen LogP contribution < -0.4 is 10.5 Å². The van der Waals surface area contributed by atoms with Gasteiger partial charge in [-0.25, -0.2) is 0 Å². The van der Waals surface area contributed by atoms with Gasteiger partial charge in [0.05, 0.1) is 0 Å². The van der Waals surface area contributed by atoms with Crippen LogP contribution in [0.3, 0.4) is 0 Å². The van der Waals surface area contributed by atoms with Crippen molar-refractivity contribution >= 4 is 18.2 Å². The Hall–Kier alpha value is -1.43. The van der Waals surface area contributed by atoms with E-state index < -0.39 is 12.8 Å². The maximum atomic E-state index is 11.8. The molecule has 3 N–H and O–H groups in total. The van der Waals surface area contributed by atoms with Crippen LogP contribution in [-0.2, 0) is 0 Å². The molecule has 0 amide bonds. The van der Waals surface area contributed by atoms with Crippen LogP contribution in [0.2, 0.25) is 0 Å². The summed E-state index contributed by atoms with van der Waals surface area (Å²) < 4.78 is 39.8. The highest BCUT2D eigenvalue weighted by Gasteiger charge is 2.28. The Morgan fingerprint density at radius 2 is 1.75 bits per heavy atom. The second kappa shape index (κ2) is 5.60. The molecule has 0 atom stereocenters. The van der Waals surface area contributed by atoms with E-state index in [-0.39, 0.29) is 24.0 Å². The average molecular weight is 255 g/mol. The van der Waals surface area contributed by atoms with Gasteiger partial charge in [-0.3, -0.25) is 5.41 Å². The molecule has 0 aliphatic rings. The number of amidine groups is 1. The molecule has 0 fully saturated rings. The molecule has 0 saturated carbocycles. The van der Waals surface area contributed by atoms with Crippen molar-refractivity contribution < 1.29 is 17.9 Å². The van der Waals surface area contributed by atoms with Gasteiger partial charge in [-0.2, -0.15) is 13.2 Å². The van der Waals surface area contributed by atoms with Crippen LogP contribution in [0, 0.1) is 5.41 Å². The van der Waals surface area contributed by atoms with Crippen molar-refractivity contribution in [1.82, 2.24) is 0 Å². The SMILES string of the molecule is Cl.N=C(N)c1ccc(OCC(F)(F)F)cc1. The fourth-order valence-electron chi connectivity index (χ4n) is 0.896. The van der Waals surface area contributed by atoms with Gasteiger partial charge in [0.1, 0.15) is 11.6 Å². The average Bonchev–Trinajstić information content (AvgIpc) is 2.14. The molecule has 7 heteroatoms. The molecule has 16 heavy (non-hydrogen) atoms. The van der Waals surface area contributed by atoms with Crippen LogP contribution in [-0.4, -0.2) is 18.6 Å². The molecule has 0 bridgehead atoms. The van der Waals surface area contributed by atoms with E-state index in [0.29, 0.717) is 5.56 Å². The smallest absolute Gasteiger partial charge is 0.422 e. The fraction of sp³-hybridized carbons (Fsp3) is 0.222. The molecule has 0 spiro atoms. The second-order valence-corrected chi connectivity index (χ2v) is 2.84. The Labute approximate surface area is 96.3 Å². The predicted octanol–water partition coefficient (Wildman–Crippen LogP) is 2.33. The molecule has 1 rings (SSSR count). The molecule has 0 aliphatic carbocycles. The summed E-state index contributed by atoms with van der Waals surface area (Å²) in [6, 6.07) is 5.52. The van der Waals surface area contributed by atoms with Gasteiger partial charge >= 0.3 is 6.18 Å². The van der Waals surface area contributed by atoms with Crippen molar-refractivity contribution in [3.05, 3.63) is 29.8 Å². The standard InChI is InChI=1S/C9H9F3N2O.ClH/c10-9(11,12)5-15-7-3-1-6(2-4-7)8(13)14;/h1-4H,5H2,(H3,13,14);1H. The summed E-state index contributed by atoms with van der Waals surface area (Å²) in [7, 11) is 0. The molecule has 0 aromatic heterocycles. The molecular weight excluding hydrogens is 245 g/mol. The first-order valence-electron chi connectivity index (χ1n) is 4.02. The van der Waals surface area contributed by atoms with Crippen LogP contribution in [0.1, 0.15) is 5.56 Å². The van der Waals surface area contributed by atoms with Crippen molar-refractivity contribution in [2.24, 2.45) is 5.73 Å². The van der Waals surface area contributed by atoms with Crippen molar-refractivity contribution in [2.45, 2.75) is 6.18 Å². The highest BCUT2D eigenvalue weighted by atomic mass is 35.5. The first kappa shape index (κ1) is 14.6. The highest BCUT2D eigenvalue weighted by molar-refractivity contribution is 5.94. The number of alkyl halides is 3. The van der Waals surface area contributed by atoms with Crippen molar-refractivity contribution in [3.8, 4) is 5.75 Å². The van der Waals surface area contributed by atoms with Gasteiger partial charge in [-0.1, -0.05) is 0 Å². The third-order valence-electron chi connectivity index (χ3n) is 1.57. The lowest BCUT2D eigenvalue weighted by Gasteiger charge is -2.09. The van der Waals surface area contributed by atoms with E-state index in [2.05, 4.69) is 4.74 Å². The van der Waals surface area contributed by atoms with E-state index in [4.69, 9.17) is 11.1 Å². The lowest BCUT2D eigenvalue weighted by molar-refractivity contribution is -0.153. The summed E-state index contributed by atoms with van der Waals surface area (Å²) in [6.45, 7) is -1.33. The second-order valence-electron chi connectivity index (χ2n) is 2.84. The summed E-state index contributed by atoms with van der Waals surface area (Å²) >= 11 is 0. The van der Waals surface area contributed by atoms with Gasteiger partial charge in [0, 0.05) is 5.56 Å². The zero-order valence-corrected chi connectivity index (χ0v) is 8.86. The number of hydrogen-bond acceptors (Lipinski definition) is 2. The molecule has 1 aromatic carbocycles. The topological polar surface area (TPSA) is 59.1 Å². The first-order chi connectivity index (χ1) is 6.88. The molecular formula is C9H10ClF3N2O. The molecule has 90 valence electrons. The van der Waals surface area contributed by atoms with E-state index in [0.717, 1.165) is 0 Å². The molecule has 0 radical (unpaired) electrons. The summed E-state index contributed by atoms with van der Waals surface area (Å²) in [5.74, 6) is -0.0466. The third-order valence-corrected chi connectivity index (χ3v) is 1.57. The van der Waals surface area contributed by atoms with Crippen molar-refractivity contribution in [3.63, 3.8) is 0 Å². The van der Waals surface area contributed by atoms with E-state index in [9.17, 15) is 13.2 Å². The van der Waals surface area contributed by atoms with Gasteiger partial charge in [0.2, 0.25) is 0 Å². The molecule has 0 heterocycles. The van der Waals surface area contributed by atoms with Crippen LogP contribution in [0.4, 0.5) is 13.2 Å². The van der Waals surface area contributed by atoms with Crippen molar-refractivity contribution in [2.75, 3.05) is 6.61 Å². The number of benzene rings is 1. The van der Waals surface area contributed by atoms with Crippen LogP contribution in [0.15, 0.2) is 24.3 Å². The Kier molecular flexibility index (Phi) is 5.10. The van der Waals surface area contributed by atoms with Crippen molar-refractivity contribution in [1.29, 1.82) is 5.41 Å². The summed E-state index contributed by atoms with van der Waals surface area (Å²) in [5, 5.41) is 7.06. The number of halogens is 4. The van der Waals surface area contributed by atoms with Gasteiger partial charge in [0.25, 0.3) is 0 Å². The minimum absolute atomic E-state index is 0. The van der Waals surface area contributed by atoms with Crippen LogP contribution in [0.25, 0.3) is 0 Å². The zero-order valence-electron chi connectivity index (χ0n) is 8.04. The Balaban J connectivity index is 0.00000225. The fourth-order valence-corrected chi connectivity index (χ4v) is 0.896. The normalized spacial score (nSPS) is 10.4. The highest BCUT2D eigenvalue weighted by Crippen LogP contribution is 2.18. The molecule has 0 unspecified atom stereocenters. The Morgan fingerprint density at radius 3 is 2.12 bits per heavy atom. The molecule has 0 aliphatic heterocycles. The summed E-state index contributed by atoms with van der Waals surface area (Å²) in [4.78, 5) is 0. The molecule has 1 aromatic rings.